The molecule has 1 saturated carbocycles. The maximum atomic E-state index is 14.7. The number of alkyl halides is 4. The second kappa shape index (κ2) is 9.03. The van der Waals surface area contributed by atoms with E-state index in [0.717, 1.165) is 28.2 Å². The number of hydrogen-bond donors (Lipinski definition) is 0. The van der Waals surface area contributed by atoms with Crippen LogP contribution in [0.25, 0.3) is 0 Å². The number of rotatable bonds is 8. The minimum atomic E-state index is -4.62. The molecule has 1 saturated heterocycles. The highest BCUT2D eigenvalue weighted by molar-refractivity contribution is 5.96. The summed E-state index contributed by atoms with van der Waals surface area (Å²) in [7, 11) is 0. The van der Waals surface area contributed by atoms with Crippen LogP contribution >= 0.6 is 0 Å². The van der Waals surface area contributed by atoms with Gasteiger partial charge in [0, 0.05) is 24.3 Å². The van der Waals surface area contributed by atoms with Crippen LogP contribution in [-0.2, 0) is 17.4 Å². The Bertz CT molecular complexity index is 1030. The van der Waals surface area contributed by atoms with Crippen LogP contribution in [0.5, 0.6) is 0 Å². The zero-order valence-corrected chi connectivity index (χ0v) is 17.9. The van der Waals surface area contributed by atoms with Crippen molar-refractivity contribution in [3.05, 3.63) is 47.5 Å². The lowest BCUT2D eigenvalue weighted by molar-refractivity contribution is -0.138. The number of urea groups is 1. The first-order valence-corrected chi connectivity index (χ1v) is 10.7. The van der Waals surface area contributed by atoms with Crippen LogP contribution in [-0.4, -0.2) is 57.0 Å². The first-order valence-electron chi connectivity index (χ1n) is 10.7. The second-order valence-electron chi connectivity index (χ2n) is 8.35. The zero-order valence-electron chi connectivity index (χ0n) is 17.9. The van der Waals surface area contributed by atoms with Crippen LogP contribution in [0.15, 0.2) is 30.7 Å². The number of halogens is 4. The normalized spacial score (nSPS) is 19.8. The fraction of sp³-hybridized carbons (Fsp3) is 0.500. The minimum Gasteiger partial charge on any atom is -0.309 e. The monoisotopic (exact) mass is 465 g/mol. The molecule has 2 aliphatic rings. The lowest BCUT2D eigenvalue weighted by Crippen LogP contribution is -2.43. The van der Waals surface area contributed by atoms with Crippen LogP contribution in [0.4, 0.5) is 28.3 Å². The molecule has 2 fully saturated rings. The molecule has 1 aliphatic carbocycles. The molecule has 0 unspecified atom stereocenters. The number of hydrogen-bond acceptors (Lipinski definition) is 5. The third-order valence-corrected chi connectivity index (χ3v) is 5.88. The fourth-order valence-electron chi connectivity index (χ4n) is 3.91. The molecule has 2 aromatic rings. The summed E-state index contributed by atoms with van der Waals surface area (Å²) in [6, 6.07) is 2.14. The van der Waals surface area contributed by atoms with Crippen molar-refractivity contribution in [3.63, 3.8) is 0 Å². The quantitative estimate of drug-likeness (QED) is 0.552. The van der Waals surface area contributed by atoms with Gasteiger partial charge in [0.25, 0.3) is 0 Å². The summed E-state index contributed by atoms with van der Waals surface area (Å²) < 4.78 is 53.0. The largest absolute Gasteiger partial charge is 0.419 e. The van der Waals surface area contributed by atoms with Crippen molar-refractivity contribution >= 4 is 17.8 Å². The summed E-state index contributed by atoms with van der Waals surface area (Å²) in [4.78, 5) is 39.3. The molecule has 0 bridgehead atoms. The molecule has 11 heteroatoms. The maximum absolute atomic E-state index is 14.7. The smallest absolute Gasteiger partial charge is 0.309 e. The number of amides is 2. The predicted molar refractivity (Wildman–Crippen MR) is 110 cm³/mol. The summed E-state index contributed by atoms with van der Waals surface area (Å²) >= 11 is 0. The Morgan fingerprint density at radius 3 is 2.52 bits per heavy atom. The van der Waals surface area contributed by atoms with Gasteiger partial charge < -0.3 is 4.90 Å². The number of ketones is 1. The summed E-state index contributed by atoms with van der Waals surface area (Å²) in [6.45, 7) is 1.11. The maximum Gasteiger partial charge on any atom is 0.419 e. The van der Waals surface area contributed by atoms with Gasteiger partial charge in [-0.3, -0.25) is 14.7 Å². The molecular formula is C22H23F4N5O2. The Morgan fingerprint density at radius 1 is 1.21 bits per heavy atom. The number of anilines is 1. The molecule has 0 radical (unpaired) electrons. The van der Waals surface area contributed by atoms with Crippen LogP contribution < -0.4 is 4.90 Å². The van der Waals surface area contributed by atoms with Gasteiger partial charge in [-0.1, -0.05) is 6.92 Å². The van der Waals surface area contributed by atoms with Crippen molar-refractivity contribution in [2.75, 3.05) is 18.0 Å². The van der Waals surface area contributed by atoms with Gasteiger partial charge in [-0.15, -0.1) is 0 Å². The third-order valence-electron chi connectivity index (χ3n) is 5.88. The molecule has 4 rings (SSSR count). The van der Waals surface area contributed by atoms with Crippen LogP contribution in [0.1, 0.15) is 48.9 Å². The number of Topliss-reactive ketones (excluding diaryl/α,β-unsaturated/α-hetero) is 1. The molecule has 0 spiro atoms. The molecule has 2 amide bonds. The van der Waals surface area contributed by atoms with Crippen molar-refractivity contribution in [2.45, 2.75) is 56.9 Å². The molecule has 176 valence electrons. The van der Waals surface area contributed by atoms with E-state index in [1.165, 1.54) is 0 Å². The van der Waals surface area contributed by atoms with Crippen molar-refractivity contribution < 1.29 is 27.2 Å². The van der Waals surface area contributed by atoms with E-state index in [0.29, 0.717) is 24.0 Å². The van der Waals surface area contributed by atoms with E-state index in [4.69, 9.17) is 0 Å². The van der Waals surface area contributed by atoms with Crippen molar-refractivity contribution in [1.82, 2.24) is 19.9 Å². The fourth-order valence-corrected chi connectivity index (χ4v) is 3.91. The molecular weight excluding hydrogens is 442 g/mol. The molecule has 1 aliphatic heterocycles. The van der Waals surface area contributed by atoms with Gasteiger partial charge in [0.1, 0.15) is 6.17 Å². The second-order valence-corrected chi connectivity index (χ2v) is 8.35. The van der Waals surface area contributed by atoms with E-state index in [2.05, 4.69) is 15.0 Å². The lowest BCUT2D eigenvalue weighted by atomic mass is 10.1. The number of pyridine rings is 1. The Hall–Kier alpha value is -3.11. The van der Waals surface area contributed by atoms with E-state index in [-0.39, 0.29) is 37.7 Å². The van der Waals surface area contributed by atoms with E-state index in [1.807, 2.05) is 12.1 Å². The van der Waals surface area contributed by atoms with Crippen molar-refractivity contribution in [3.8, 4) is 0 Å². The molecule has 3 heterocycles. The Morgan fingerprint density at radius 2 is 1.91 bits per heavy atom. The van der Waals surface area contributed by atoms with E-state index in [9.17, 15) is 27.2 Å². The van der Waals surface area contributed by atoms with Crippen molar-refractivity contribution in [1.29, 1.82) is 0 Å². The average molecular weight is 465 g/mol. The highest BCUT2D eigenvalue weighted by Gasteiger charge is 2.44. The van der Waals surface area contributed by atoms with Gasteiger partial charge in [0.05, 0.1) is 31.1 Å². The molecule has 33 heavy (non-hydrogen) atoms. The molecule has 0 N–H and O–H groups in total. The third kappa shape index (κ3) is 5.12. The SMILES string of the molecule is CC[C@H](F)[C@H]1CN(c2ncc(C(F)(F)F)cn2)C(=O)N1CC(=O)Cc1cc(C2CC2)ccn1. The van der Waals surface area contributed by atoms with E-state index >= 15 is 0 Å². The summed E-state index contributed by atoms with van der Waals surface area (Å²) in [5, 5.41) is 0. The first kappa shape index (κ1) is 23.1. The number of carbonyl (C=O) groups excluding carboxylic acids is 2. The van der Waals surface area contributed by atoms with Crippen LogP contribution in [0, 0.1) is 0 Å². The average Bonchev–Trinajstić information content (AvgIpc) is 3.58. The number of carbonyl (C=O) groups is 2. The predicted octanol–water partition coefficient (Wildman–Crippen LogP) is 3.94. The highest BCUT2D eigenvalue weighted by Crippen LogP contribution is 2.40. The van der Waals surface area contributed by atoms with Crippen molar-refractivity contribution in [2.24, 2.45) is 0 Å². The Kier molecular flexibility index (Phi) is 6.31. The van der Waals surface area contributed by atoms with Crippen LogP contribution in [0.2, 0.25) is 0 Å². The summed E-state index contributed by atoms with van der Waals surface area (Å²) in [5.74, 6) is -0.0807. The van der Waals surface area contributed by atoms with Gasteiger partial charge >= 0.3 is 12.2 Å². The van der Waals surface area contributed by atoms with Gasteiger partial charge in [0.2, 0.25) is 5.95 Å². The number of aromatic nitrogens is 3. The Balaban J connectivity index is 1.49. The Labute approximate surface area is 187 Å². The van der Waals surface area contributed by atoms with Gasteiger partial charge in [0.15, 0.2) is 5.78 Å². The van der Waals surface area contributed by atoms with Crippen LogP contribution in [0.3, 0.4) is 0 Å². The standard InChI is InChI=1S/C22H23F4N5O2/c1-2-18(23)19-12-31(20-28-9-15(10-29-20)22(24,25)26)21(33)30(19)11-17(32)8-16-7-14(5-6-27-16)13-3-4-13/h5-7,9-10,13,18-19H,2-4,8,11-12H2,1H3/t18-,19+/m0/s1. The van der Waals surface area contributed by atoms with Gasteiger partial charge in [-0.25, -0.2) is 19.2 Å². The van der Waals surface area contributed by atoms with Gasteiger partial charge in [-0.2, -0.15) is 13.2 Å². The number of nitrogens with zero attached hydrogens (tertiary/aromatic N) is 5. The minimum absolute atomic E-state index is 0.00306. The lowest BCUT2D eigenvalue weighted by Gasteiger charge is -2.24. The molecule has 0 aromatic carbocycles. The summed E-state index contributed by atoms with van der Waals surface area (Å²) in [5.41, 5.74) is 0.658. The van der Waals surface area contributed by atoms with E-state index in [1.54, 1.807) is 13.1 Å². The first-order chi connectivity index (χ1) is 15.7. The summed E-state index contributed by atoms with van der Waals surface area (Å²) in [6.07, 6.45) is -0.919. The molecule has 2 atom stereocenters. The zero-order chi connectivity index (χ0) is 23.8. The van der Waals surface area contributed by atoms with Gasteiger partial charge in [-0.05, 0) is 42.9 Å². The topological polar surface area (TPSA) is 79.3 Å². The molecule has 7 nitrogen and oxygen atoms in total. The van der Waals surface area contributed by atoms with E-state index < -0.39 is 30.0 Å². The molecule has 2 aromatic heterocycles. The highest BCUT2D eigenvalue weighted by atomic mass is 19.4.